The fraction of sp³-hybridized carbons (Fsp3) is 0.176. The van der Waals surface area contributed by atoms with Crippen molar-refractivity contribution in [3.05, 3.63) is 131 Å². The molecular formula is C34H31F. The van der Waals surface area contributed by atoms with Gasteiger partial charge in [0.05, 0.1) is 0 Å². The molecule has 0 spiro atoms. The van der Waals surface area contributed by atoms with E-state index in [1.807, 2.05) is 56.3 Å². The fourth-order valence-electron chi connectivity index (χ4n) is 4.18. The molecule has 0 radical (unpaired) electrons. The Morgan fingerprint density at radius 2 is 1.23 bits per heavy atom. The van der Waals surface area contributed by atoms with Crippen molar-refractivity contribution in [2.75, 3.05) is 0 Å². The molecule has 4 rings (SSSR count). The molecule has 174 valence electrons. The Bertz CT molecular complexity index is 1390. The molecule has 0 bridgehead atoms. The number of aryl methyl sites for hydroxylation is 2. The first-order valence-corrected chi connectivity index (χ1v) is 12.3. The average molecular weight is 459 g/mol. The molecule has 0 fully saturated rings. The molecule has 4 aromatic carbocycles. The zero-order valence-corrected chi connectivity index (χ0v) is 20.5. The van der Waals surface area contributed by atoms with E-state index in [-0.39, 0.29) is 5.82 Å². The Morgan fingerprint density at radius 3 is 1.86 bits per heavy atom. The third-order valence-electron chi connectivity index (χ3n) is 6.19. The van der Waals surface area contributed by atoms with Crippen LogP contribution in [-0.4, -0.2) is 0 Å². The third kappa shape index (κ3) is 6.37. The van der Waals surface area contributed by atoms with Crippen LogP contribution < -0.4 is 0 Å². The third-order valence-corrected chi connectivity index (χ3v) is 6.19. The summed E-state index contributed by atoms with van der Waals surface area (Å²) in [7, 11) is 0. The predicted octanol–water partition coefficient (Wildman–Crippen LogP) is 9.06. The van der Waals surface area contributed by atoms with E-state index in [0.717, 1.165) is 47.8 Å². The maximum atomic E-state index is 15.4. The molecule has 0 saturated heterocycles. The van der Waals surface area contributed by atoms with Crippen LogP contribution in [-0.2, 0) is 12.8 Å². The summed E-state index contributed by atoms with van der Waals surface area (Å²) in [5.41, 5.74) is 5.97. The van der Waals surface area contributed by atoms with Crippen LogP contribution in [0.25, 0.3) is 21.9 Å². The van der Waals surface area contributed by atoms with Crippen LogP contribution in [0, 0.1) is 17.7 Å². The Hall–Kier alpha value is -3.89. The maximum Gasteiger partial charge on any atom is 0.138 e. The molecule has 0 heterocycles. The topological polar surface area (TPSA) is 0 Å². The number of rotatable bonds is 7. The highest BCUT2D eigenvalue weighted by atomic mass is 19.1. The molecule has 0 aliphatic heterocycles. The Labute approximate surface area is 208 Å². The second-order valence-corrected chi connectivity index (χ2v) is 8.72. The van der Waals surface area contributed by atoms with Crippen molar-refractivity contribution in [3.63, 3.8) is 0 Å². The second-order valence-electron chi connectivity index (χ2n) is 8.72. The van der Waals surface area contributed by atoms with E-state index >= 15 is 4.39 Å². The highest BCUT2D eigenvalue weighted by molar-refractivity contribution is 5.89. The summed E-state index contributed by atoms with van der Waals surface area (Å²) >= 11 is 0. The highest BCUT2D eigenvalue weighted by Crippen LogP contribution is 2.30. The van der Waals surface area contributed by atoms with Gasteiger partial charge in [0.15, 0.2) is 0 Å². The van der Waals surface area contributed by atoms with Gasteiger partial charge in [0.1, 0.15) is 5.82 Å². The van der Waals surface area contributed by atoms with Crippen LogP contribution in [0.5, 0.6) is 0 Å². The van der Waals surface area contributed by atoms with E-state index in [1.54, 1.807) is 0 Å². The molecule has 1 heteroatoms. The molecule has 0 N–H and O–H groups in total. The summed E-state index contributed by atoms with van der Waals surface area (Å²) in [6, 6.07) is 26.2. The number of halogens is 1. The van der Waals surface area contributed by atoms with E-state index in [2.05, 4.69) is 72.5 Å². The van der Waals surface area contributed by atoms with E-state index < -0.39 is 0 Å². The first-order chi connectivity index (χ1) is 17.2. The van der Waals surface area contributed by atoms with Crippen molar-refractivity contribution in [2.45, 2.75) is 39.5 Å². The summed E-state index contributed by atoms with van der Waals surface area (Å²) in [4.78, 5) is 0. The zero-order chi connectivity index (χ0) is 24.5. The predicted molar refractivity (Wildman–Crippen MR) is 148 cm³/mol. The van der Waals surface area contributed by atoms with Crippen molar-refractivity contribution in [3.8, 4) is 23.0 Å². The number of hydrogen-bond acceptors (Lipinski definition) is 0. The quantitative estimate of drug-likeness (QED) is 0.191. The van der Waals surface area contributed by atoms with Gasteiger partial charge in [-0.15, -0.1) is 0 Å². The van der Waals surface area contributed by atoms with Crippen LogP contribution in [0.2, 0.25) is 0 Å². The van der Waals surface area contributed by atoms with Crippen LogP contribution in [0.3, 0.4) is 0 Å². The summed E-state index contributed by atoms with van der Waals surface area (Å²) in [6.07, 6.45) is 12.6. The fourth-order valence-corrected chi connectivity index (χ4v) is 4.18. The van der Waals surface area contributed by atoms with Crippen molar-refractivity contribution in [1.82, 2.24) is 0 Å². The largest absolute Gasteiger partial charge is 0.206 e. The van der Waals surface area contributed by atoms with Gasteiger partial charge in [-0.05, 0) is 85.9 Å². The number of benzene rings is 4. The smallest absolute Gasteiger partial charge is 0.138 e. The monoisotopic (exact) mass is 458 g/mol. The van der Waals surface area contributed by atoms with Crippen molar-refractivity contribution >= 4 is 10.8 Å². The molecule has 4 aromatic rings. The molecule has 0 aromatic heterocycles. The average Bonchev–Trinajstić information content (AvgIpc) is 2.89. The minimum Gasteiger partial charge on any atom is -0.206 e. The van der Waals surface area contributed by atoms with Crippen LogP contribution >= 0.6 is 0 Å². The van der Waals surface area contributed by atoms with Gasteiger partial charge >= 0.3 is 0 Å². The van der Waals surface area contributed by atoms with Gasteiger partial charge in [-0.1, -0.05) is 90.7 Å². The highest BCUT2D eigenvalue weighted by Gasteiger charge is 2.10. The van der Waals surface area contributed by atoms with E-state index in [4.69, 9.17) is 0 Å². The lowest BCUT2D eigenvalue weighted by Gasteiger charge is -2.08. The lowest BCUT2D eigenvalue weighted by Crippen LogP contribution is -1.89. The molecule has 0 unspecified atom stereocenters. The zero-order valence-electron chi connectivity index (χ0n) is 20.5. The molecule has 0 atom stereocenters. The summed E-state index contributed by atoms with van der Waals surface area (Å²) in [5.74, 6) is 6.28. The Morgan fingerprint density at radius 1 is 0.657 bits per heavy atom. The van der Waals surface area contributed by atoms with Gasteiger partial charge in [0.25, 0.3) is 0 Å². The van der Waals surface area contributed by atoms with Crippen molar-refractivity contribution in [2.24, 2.45) is 0 Å². The van der Waals surface area contributed by atoms with Crippen molar-refractivity contribution in [1.29, 1.82) is 0 Å². The lowest BCUT2D eigenvalue weighted by molar-refractivity contribution is 0.643. The molecule has 0 aliphatic rings. The Balaban J connectivity index is 1.51. The first-order valence-electron chi connectivity index (χ1n) is 12.3. The van der Waals surface area contributed by atoms with Gasteiger partial charge in [0, 0.05) is 22.1 Å². The van der Waals surface area contributed by atoms with Gasteiger partial charge in [0.2, 0.25) is 0 Å². The first kappa shape index (κ1) is 24.2. The summed E-state index contributed by atoms with van der Waals surface area (Å²) < 4.78 is 15.4. The lowest BCUT2D eigenvalue weighted by atomic mass is 9.97. The Kier molecular flexibility index (Phi) is 8.31. The summed E-state index contributed by atoms with van der Waals surface area (Å²) in [5, 5.41) is 1.48. The van der Waals surface area contributed by atoms with Crippen LogP contribution in [0.4, 0.5) is 4.39 Å². The molecular weight excluding hydrogens is 427 g/mol. The van der Waals surface area contributed by atoms with Gasteiger partial charge in [-0.2, -0.15) is 0 Å². The SMILES string of the molecule is C/C=C/CCc1ccc(C#Cc2ccc3c(F)c(-c4ccc(CC/C=C/C)cc4)ccc3c2)cc1. The summed E-state index contributed by atoms with van der Waals surface area (Å²) in [6.45, 7) is 4.08. The van der Waals surface area contributed by atoms with Gasteiger partial charge in [-0.25, -0.2) is 4.39 Å². The standard InChI is InChI=1S/C34H31F/c1-3-5-7-9-26-11-13-28(14-12-26)15-16-29-19-23-33-31(25-29)22-24-32(34(33)35)30-20-17-27(18-21-30)10-8-6-4-2/h3-6,11-14,17-25H,7-10H2,1-2H3/b5-3+,6-4+. The molecule has 0 nitrogen and oxygen atoms in total. The molecule has 0 saturated carbocycles. The van der Waals surface area contributed by atoms with Crippen molar-refractivity contribution < 1.29 is 4.39 Å². The maximum absolute atomic E-state index is 15.4. The minimum atomic E-state index is -0.183. The molecule has 35 heavy (non-hydrogen) atoms. The molecule has 0 amide bonds. The second kappa shape index (κ2) is 12.0. The number of hydrogen-bond donors (Lipinski definition) is 0. The van der Waals surface area contributed by atoms with E-state index in [9.17, 15) is 0 Å². The van der Waals surface area contributed by atoms with Gasteiger partial charge < -0.3 is 0 Å². The molecule has 0 aliphatic carbocycles. The van der Waals surface area contributed by atoms with E-state index in [0.29, 0.717) is 10.9 Å². The van der Waals surface area contributed by atoms with Crippen LogP contribution in [0.1, 0.15) is 48.9 Å². The van der Waals surface area contributed by atoms with Crippen LogP contribution in [0.15, 0.2) is 103 Å². The number of fused-ring (bicyclic) bond motifs is 1. The normalized spacial score (nSPS) is 11.3. The minimum absolute atomic E-state index is 0.183. The van der Waals surface area contributed by atoms with Gasteiger partial charge in [-0.3, -0.25) is 0 Å². The number of allylic oxidation sites excluding steroid dienone is 4. The van der Waals surface area contributed by atoms with E-state index in [1.165, 1.54) is 11.1 Å².